The second-order valence-electron chi connectivity index (χ2n) is 4.47. The SMILES string of the molecule is NC(=O)C1=CN([C@@H]2O[C@H](COP=O)[C@@H](O)[C@H]2O)C=CC1. The van der Waals surface area contributed by atoms with Crippen LogP contribution in [0.1, 0.15) is 6.42 Å². The normalized spacial score (nSPS) is 33.5. The van der Waals surface area contributed by atoms with Gasteiger partial charge in [0.2, 0.25) is 5.91 Å². The van der Waals surface area contributed by atoms with Gasteiger partial charge in [0.15, 0.2) is 6.23 Å². The maximum Gasteiger partial charge on any atom is 0.327 e. The van der Waals surface area contributed by atoms with Gasteiger partial charge in [0, 0.05) is 18.0 Å². The van der Waals surface area contributed by atoms with Crippen LogP contribution in [0.15, 0.2) is 24.0 Å². The van der Waals surface area contributed by atoms with Gasteiger partial charge in [-0.2, -0.15) is 0 Å². The zero-order valence-electron chi connectivity index (χ0n) is 10.5. The number of carbonyl (C=O) groups is 1. The first kappa shape index (κ1) is 15.1. The van der Waals surface area contributed by atoms with Gasteiger partial charge in [-0.1, -0.05) is 6.08 Å². The van der Waals surface area contributed by atoms with Crippen molar-refractivity contribution >= 4 is 14.6 Å². The van der Waals surface area contributed by atoms with E-state index in [9.17, 15) is 19.6 Å². The summed E-state index contributed by atoms with van der Waals surface area (Å²) in [6, 6.07) is 0. The number of hydrogen-bond donors (Lipinski definition) is 3. The molecule has 2 aliphatic rings. The largest absolute Gasteiger partial charge is 0.387 e. The first-order chi connectivity index (χ1) is 9.54. The number of amides is 1. The van der Waals surface area contributed by atoms with E-state index in [2.05, 4.69) is 4.52 Å². The van der Waals surface area contributed by atoms with Crippen LogP contribution in [0.2, 0.25) is 0 Å². The number of ether oxygens (including phenoxy) is 1. The van der Waals surface area contributed by atoms with Crippen molar-refractivity contribution in [3.63, 3.8) is 0 Å². The summed E-state index contributed by atoms with van der Waals surface area (Å²) in [4.78, 5) is 12.6. The standard InChI is InChI=1S/C11H15N2O6P/c12-10(16)6-2-1-3-13(4-6)11-9(15)8(14)7(19-11)5-18-20-17/h1,3-4,7-9,11,14-15H,2,5H2,(H2,12,16)/t7-,8-,9-,11-/m1/s1. The lowest BCUT2D eigenvalue weighted by atomic mass is 10.1. The van der Waals surface area contributed by atoms with E-state index < -0.39 is 39.1 Å². The monoisotopic (exact) mass is 302 g/mol. The topological polar surface area (TPSA) is 122 Å². The third-order valence-corrected chi connectivity index (χ3v) is 3.41. The van der Waals surface area contributed by atoms with Gasteiger partial charge in [0.1, 0.15) is 18.3 Å². The molecule has 8 nitrogen and oxygen atoms in total. The third kappa shape index (κ3) is 3.05. The number of rotatable bonds is 5. The smallest absolute Gasteiger partial charge is 0.327 e. The number of primary amides is 1. The van der Waals surface area contributed by atoms with E-state index in [-0.39, 0.29) is 6.61 Å². The summed E-state index contributed by atoms with van der Waals surface area (Å²) in [5, 5.41) is 19.8. The Balaban J connectivity index is 2.09. The maximum atomic E-state index is 11.2. The molecule has 0 aromatic heterocycles. The molecule has 2 aliphatic heterocycles. The Morgan fingerprint density at radius 2 is 2.30 bits per heavy atom. The van der Waals surface area contributed by atoms with E-state index in [1.54, 1.807) is 12.3 Å². The average molecular weight is 302 g/mol. The summed E-state index contributed by atoms with van der Waals surface area (Å²) < 4.78 is 20.3. The first-order valence-electron chi connectivity index (χ1n) is 5.95. The fraction of sp³-hybridized carbons (Fsp3) is 0.545. The van der Waals surface area contributed by atoms with Gasteiger partial charge in [-0.15, -0.1) is 0 Å². The van der Waals surface area contributed by atoms with Crippen molar-refractivity contribution in [1.82, 2.24) is 4.90 Å². The zero-order chi connectivity index (χ0) is 14.7. The molecular weight excluding hydrogens is 287 g/mol. The predicted molar refractivity (Wildman–Crippen MR) is 67.1 cm³/mol. The second-order valence-corrected chi connectivity index (χ2v) is 4.88. The summed E-state index contributed by atoms with van der Waals surface area (Å²) in [6.45, 7) is -0.121. The van der Waals surface area contributed by atoms with Crippen LogP contribution in [-0.2, 0) is 18.6 Å². The highest BCUT2D eigenvalue weighted by atomic mass is 31.1. The van der Waals surface area contributed by atoms with Crippen molar-refractivity contribution in [2.24, 2.45) is 5.73 Å². The molecule has 9 heteroatoms. The van der Waals surface area contributed by atoms with E-state index in [0.717, 1.165) is 0 Å². The van der Waals surface area contributed by atoms with Gasteiger partial charge in [-0.3, -0.25) is 9.32 Å². The Kier molecular flexibility index (Phi) is 4.85. The molecule has 20 heavy (non-hydrogen) atoms. The van der Waals surface area contributed by atoms with Crippen LogP contribution < -0.4 is 5.73 Å². The Bertz CT molecular complexity index is 454. The lowest BCUT2D eigenvalue weighted by Gasteiger charge is -2.28. The molecule has 1 amide bonds. The van der Waals surface area contributed by atoms with Crippen LogP contribution >= 0.6 is 8.69 Å². The molecule has 1 saturated heterocycles. The molecule has 0 aromatic carbocycles. The van der Waals surface area contributed by atoms with Gasteiger partial charge in [0.25, 0.3) is 0 Å². The van der Waals surface area contributed by atoms with Crippen molar-refractivity contribution < 1.29 is 28.8 Å². The van der Waals surface area contributed by atoms with Crippen molar-refractivity contribution in [1.29, 1.82) is 0 Å². The molecule has 2 rings (SSSR count). The minimum Gasteiger partial charge on any atom is -0.387 e. The fourth-order valence-corrected chi connectivity index (χ4v) is 2.32. The van der Waals surface area contributed by atoms with Crippen molar-refractivity contribution in [3.05, 3.63) is 24.0 Å². The second kappa shape index (κ2) is 6.43. The minimum atomic E-state index is -1.19. The lowest BCUT2D eigenvalue weighted by molar-refractivity contribution is -0.114. The zero-order valence-corrected chi connectivity index (χ0v) is 11.3. The van der Waals surface area contributed by atoms with E-state index in [1.807, 2.05) is 0 Å². The molecule has 0 aliphatic carbocycles. The summed E-state index contributed by atoms with van der Waals surface area (Å²) in [5.74, 6) is -0.558. The molecule has 2 heterocycles. The Morgan fingerprint density at radius 3 is 2.95 bits per heavy atom. The van der Waals surface area contributed by atoms with E-state index in [4.69, 9.17) is 10.5 Å². The van der Waals surface area contributed by atoms with Crippen molar-refractivity contribution in [3.8, 4) is 0 Å². The number of nitrogens with two attached hydrogens (primary N) is 1. The van der Waals surface area contributed by atoms with Gasteiger partial charge in [-0.05, 0) is 6.42 Å². The average Bonchev–Trinajstić information content (AvgIpc) is 2.73. The van der Waals surface area contributed by atoms with Gasteiger partial charge < -0.3 is 25.6 Å². The predicted octanol–water partition coefficient (Wildman–Crippen LogP) is -0.755. The van der Waals surface area contributed by atoms with Crippen LogP contribution in [-0.4, -0.2) is 52.2 Å². The highest BCUT2D eigenvalue weighted by molar-refractivity contribution is 7.17. The molecule has 110 valence electrons. The number of aliphatic hydroxyl groups excluding tert-OH is 2. The molecule has 0 bridgehead atoms. The van der Waals surface area contributed by atoms with Crippen LogP contribution in [0.4, 0.5) is 0 Å². The maximum absolute atomic E-state index is 11.2. The highest BCUT2D eigenvalue weighted by Crippen LogP contribution is 2.27. The molecule has 4 atom stereocenters. The lowest BCUT2D eigenvalue weighted by Crippen LogP contribution is -2.40. The quantitative estimate of drug-likeness (QED) is 0.571. The van der Waals surface area contributed by atoms with Crippen LogP contribution in [0, 0.1) is 0 Å². The molecule has 0 aromatic rings. The van der Waals surface area contributed by atoms with Crippen molar-refractivity contribution in [2.45, 2.75) is 31.0 Å². The highest BCUT2D eigenvalue weighted by Gasteiger charge is 2.45. The molecular formula is C11H15N2O6P. The molecule has 0 unspecified atom stereocenters. The van der Waals surface area contributed by atoms with Crippen LogP contribution in [0.5, 0.6) is 0 Å². The van der Waals surface area contributed by atoms with Crippen LogP contribution in [0.25, 0.3) is 0 Å². The number of allylic oxidation sites excluding steroid dienone is 1. The van der Waals surface area contributed by atoms with E-state index in [0.29, 0.717) is 12.0 Å². The van der Waals surface area contributed by atoms with E-state index >= 15 is 0 Å². The first-order valence-corrected chi connectivity index (χ1v) is 6.68. The number of carbonyl (C=O) groups excluding carboxylic acids is 1. The molecule has 0 radical (unpaired) electrons. The summed E-state index contributed by atoms with van der Waals surface area (Å²) in [6.07, 6.45) is 1.15. The Hall–Kier alpha value is -1.31. The summed E-state index contributed by atoms with van der Waals surface area (Å²) in [5.41, 5.74) is 5.58. The number of nitrogens with zero attached hydrogens (tertiary/aromatic N) is 1. The molecule has 1 fully saturated rings. The van der Waals surface area contributed by atoms with Gasteiger partial charge in [0.05, 0.1) is 6.61 Å². The molecule has 0 saturated carbocycles. The van der Waals surface area contributed by atoms with Gasteiger partial charge in [-0.25, -0.2) is 4.57 Å². The fourth-order valence-electron chi connectivity index (χ4n) is 2.12. The Morgan fingerprint density at radius 1 is 1.55 bits per heavy atom. The molecule has 4 N–H and O–H groups in total. The van der Waals surface area contributed by atoms with Crippen LogP contribution in [0.3, 0.4) is 0 Å². The summed E-state index contributed by atoms with van der Waals surface area (Å²) in [7, 11) is -0.528. The van der Waals surface area contributed by atoms with Gasteiger partial charge >= 0.3 is 8.69 Å². The van der Waals surface area contributed by atoms with Crippen molar-refractivity contribution in [2.75, 3.05) is 6.61 Å². The minimum absolute atomic E-state index is 0.121. The molecule has 0 spiro atoms. The number of hydrogen-bond acceptors (Lipinski definition) is 7. The number of aliphatic hydroxyl groups is 2. The Labute approximate surface area is 116 Å². The summed E-state index contributed by atoms with van der Waals surface area (Å²) >= 11 is 0. The van der Waals surface area contributed by atoms with E-state index in [1.165, 1.54) is 11.1 Å². The third-order valence-electron chi connectivity index (χ3n) is 3.16.